The Balaban J connectivity index is 2.28. The van der Waals surface area contributed by atoms with Gasteiger partial charge in [-0.15, -0.1) is 0 Å². The van der Waals surface area contributed by atoms with Gasteiger partial charge in [0.25, 0.3) is 0 Å². The van der Waals surface area contributed by atoms with Crippen molar-refractivity contribution in [3.8, 4) is 5.75 Å². The van der Waals surface area contributed by atoms with Gasteiger partial charge in [0, 0.05) is 5.56 Å². The zero-order valence-electron chi connectivity index (χ0n) is 9.39. The first-order valence-electron chi connectivity index (χ1n) is 5.36. The van der Waals surface area contributed by atoms with Crippen LogP contribution in [0.15, 0.2) is 45.7 Å². The van der Waals surface area contributed by atoms with Crippen LogP contribution in [0.1, 0.15) is 24.2 Å². The molecule has 2 rings (SSSR count). The van der Waals surface area contributed by atoms with Crippen molar-refractivity contribution in [1.82, 2.24) is 0 Å². The van der Waals surface area contributed by atoms with Crippen LogP contribution >= 0.6 is 15.9 Å². The smallest absolute Gasteiger partial charge is 0.175 e. The van der Waals surface area contributed by atoms with Gasteiger partial charge in [-0.25, -0.2) is 0 Å². The van der Waals surface area contributed by atoms with Crippen molar-refractivity contribution in [3.05, 3.63) is 52.4 Å². The average molecular weight is 297 g/mol. The van der Waals surface area contributed by atoms with Crippen LogP contribution in [0.25, 0.3) is 0 Å². The number of furan rings is 1. The number of rotatable bonds is 4. The molecule has 0 bridgehead atoms. The quantitative estimate of drug-likeness (QED) is 0.939. The second-order valence-electron chi connectivity index (χ2n) is 3.56. The number of ether oxygens (including phenoxy) is 1. The molecule has 0 aliphatic heterocycles. The highest BCUT2D eigenvalue weighted by Gasteiger charge is 2.16. The van der Waals surface area contributed by atoms with Crippen LogP contribution in [-0.4, -0.2) is 11.7 Å². The second-order valence-corrected chi connectivity index (χ2v) is 4.28. The first kappa shape index (κ1) is 12.2. The summed E-state index contributed by atoms with van der Waals surface area (Å²) in [5.41, 5.74) is 1.48. The van der Waals surface area contributed by atoms with Crippen molar-refractivity contribution in [2.45, 2.75) is 13.0 Å². The third-order valence-electron chi connectivity index (χ3n) is 2.43. The number of halogens is 1. The molecule has 2 aromatic rings. The minimum Gasteiger partial charge on any atom is -0.494 e. The third kappa shape index (κ3) is 2.70. The number of hydrogen-bond donors (Lipinski definition) is 1. The minimum absolute atomic E-state index is 0.548. The predicted molar refractivity (Wildman–Crippen MR) is 68.1 cm³/mol. The highest BCUT2D eigenvalue weighted by Crippen LogP contribution is 2.30. The maximum Gasteiger partial charge on any atom is 0.175 e. The van der Waals surface area contributed by atoms with E-state index in [-0.39, 0.29) is 0 Å². The zero-order chi connectivity index (χ0) is 12.3. The number of aliphatic hydroxyl groups is 1. The van der Waals surface area contributed by atoms with Gasteiger partial charge in [0.15, 0.2) is 4.67 Å². The lowest BCUT2D eigenvalue weighted by Gasteiger charge is -2.11. The molecule has 0 saturated carbocycles. The Bertz CT molecular complexity index is 493. The predicted octanol–water partition coefficient (Wildman–Crippen LogP) is 3.52. The molecular formula is C13H13BrO3. The van der Waals surface area contributed by atoms with Crippen molar-refractivity contribution in [3.63, 3.8) is 0 Å². The molecule has 0 aliphatic carbocycles. The molecule has 0 saturated heterocycles. The van der Waals surface area contributed by atoms with Crippen LogP contribution in [0.4, 0.5) is 0 Å². The summed E-state index contributed by atoms with van der Waals surface area (Å²) in [6, 6.07) is 9.14. The van der Waals surface area contributed by atoms with E-state index in [1.165, 1.54) is 6.26 Å². The molecule has 0 aliphatic rings. The van der Waals surface area contributed by atoms with Crippen LogP contribution in [0, 0.1) is 0 Å². The van der Waals surface area contributed by atoms with Crippen molar-refractivity contribution >= 4 is 15.9 Å². The number of benzene rings is 1. The minimum atomic E-state index is -0.719. The molecule has 0 spiro atoms. The monoisotopic (exact) mass is 296 g/mol. The molecule has 4 heteroatoms. The maximum atomic E-state index is 10.2. The lowest BCUT2D eigenvalue weighted by molar-refractivity contribution is 0.217. The Morgan fingerprint density at radius 1 is 1.41 bits per heavy atom. The van der Waals surface area contributed by atoms with E-state index < -0.39 is 6.10 Å². The van der Waals surface area contributed by atoms with Gasteiger partial charge in [-0.2, -0.15) is 0 Å². The second kappa shape index (κ2) is 5.38. The van der Waals surface area contributed by atoms with E-state index in [4.69, 9.17) is 9.15 Å². The molecule has 90 valence electrons. The first-order chi connectivity index (χ1) is 8.22. The first-order valence-corrected chi connectivity index (χ1v) is 6.15. The van der Waals surface area contributed by atoms with Crippen LogP contribution in [0.3, 0.4) is 0 Å². The lowest BCUT2D eigenvalue weighted by Crippen LogP contribution is -2.00. The molecule has 1 aromatic heterocycles. The molecule has 1 unspecified atom stereocenters. The van der Waals surface area contributed by atoms with Crippen LogP contribution in [0.2, 0.25) is 0 Å². The molecule has 1 aromatic carbocycles. The summed E-state index contributed by atoms with van der Waals surface area (Å²) in [5.74, 6) is 0.753. The Labute approximate surface area is 108 Å². The largest absolute Gasteiger partial charge is 0.494 e. The fourth-order valence-corrected chi connectivity index (χ4v) is 2.08. The van der Waals surface area contributed by atoms with E-state index in [9.17, 15) is 5.11 Å². The van der Waals surface area contributed by atoms with Crippen LogP contribution < -0.4 is 4.74 Å². The van der Waals surface area contributed by atoms with Gasteiger partial charge in [0.05, 0.1) is 12.9 Å². The van der Waals surface area contributed by atoms with Gasteiger partial charge >= 0.3 is 0 Å². The fourth-order valence-electron chi connectivity index (χ4n) is 1.62. The van der Waals surface area contributed by atoms with Crippen LogP contribution in [-0.2, 0) is 0 Å². The van der Waals surface area contributed by atoms with Gasteiger partial charge in [0.2, 0.25) is 0 Å². The van der Waals surface area contributed by atoms with E-state index in [0.717, 1.165) is 11.3 Å². The van der Waals surface area contributed by atoms with Gasteiger partial charge in [0.1, 0.15) is 11.9 Å². The van der Waals surface area contributed by atoms with Crippen molar-refractivity contribution in [1.29, 1.82) is 0 Å². The molecule has 3 nitrogen and oxygen atoms in total. The van der Waals surface area contributed by atoms with E-state index in [1.807, 2.05) is 31.2 Å². The van der Waals surface area contributed by atoms with E-state index in [0.29, 0.717) is 16.8 Å². The highest BCUT2D eigenvalue weighted by molar-refractivity contribution is 9.10. The normalized spacial score (nSPS) is 12.4. The summed E-state index contributed by atoms with van der Waals surface area (Å²) in [4.78, 5) is 0. The molecule has 1 heterocycles. The number of hydrogen-bond acceptors (Lipinski definition) is 3. The van der Waals surface area contributed by atoms with Crippen LogP contribution in [0.5, 0.6) is 5.75 Å². The highest BCUT2D eigenvalue weighted by atomic mass is 79.9. The Hall–Kier alpha value is -1.26. The topological polar surface area (TPSA) is 42.6 Å². The summed E-state index contributed by atoms with van der Waals surface area (Å²) in [5, 5.41) is 10.2. The molecule has 1 atom stereocenters. The molecule has 0 fully saturated rings. The zero-order valence-corrected chi connectivity index (χ0v) is 11.0. The average Bonchev–Trinajstić information content (AvgIpc) is 2.75. The summed E-state index contributed by atoms with van der Waals surface area (Å²) in [6.45, 7) is 2.53. The van der Waals surface area contributed by atoms with Gasteiger partial charge in [-0.1, -0.05) is 12.1 Å². The molecular weight excluding hydrogens is 284 g/mol. The lowest BCUT2D eigenvalue weighted by atomic mass is 10.0. The van der Waals surface area contributed by atoms with Gasteiger partial charge < -0.3 is 14.3 Å². The number of aliphatic hydroxyl groups excluding tert-OH is 1. The van der Waals surface area contributed by atoms with Gasteiger partial charge in [-0.3, -0.25) is 0 Å². The molecule has 0 radical (unpaired) electrons. The van der Waals surface area contributed by atoms with Crippen molar-refractivity contribution < 1.29 is 14.3 Å². The van der Waals surface area contributed by atoms with Crippen molar-refractivity contribution in [2.24, 2.45) is 0 Å². The summed E-state index contributed by atoms with van der Waals surface area (Å²) in [6.07, 6.45) is 0.818. The SMILES string of the molecule is CCOc1cccc(C(O)c2ccoc2Br)c1. The van der Waals surface area contributed by atoms with E-state index in [2.05, 4.69) is 15.9 Å². The third-order valence-corrected chi connectivity index (χ3v) is 3.07. The summed E-state index contributed by atoms with van der Waals surface area (Å²) >= 11 is 3.26. The van der Waals surface area contributed by atoms with Gasteiger partial charge in [-0.05, 0) is 46.6 Å². The van der Waals surface area contributed by atoms with E-state index in [1.54, 1.807) is 6.07 Å². The molecule has 17 heavy (non-hydrogen) atoms. The van der Waals surface area contributed by atoms with E-state index >= 15 is 0 Å². The maximum absolute atomic E-state index is 10.2. The van der Waals surface area contributed by atoms with Crippen molar-refractivity contribution in [2.75, 3.05) is 6.61 Å². The Morgan fingerprint density at radius 2 is 2.24 bits per heavy atom. The summed E-state index contributed by atoms with van der Waals surface area (Å²) < 4.78 is 11.1. The fraction of sp³-hybridized carbons (Fsp3) is 0.231. The Kier molecular flexibility index (Phi) is 3.86. The summed E-state index contributed by atoms with van der Waals surface area (Å²) in [7, 11) is 0. The standard InChI is InChI=1S/C13H13BrO3/c1-2-16-10-5-3-4-9(8-10)12(15)11-6-7-17-13(11)14/h3-8,12,15H,2H2,1H3. The Morgan fingerprint density at radius 3 is 2.88 bits per heavy atom. The molecule has 1 N–H and O–H groups in total. The molecule has 0 amide bonds.